The van der Waals surface area contributed by atoms with Gasteiger partial charge in [0, 0.05) is 0 Å². The third-order valence-electron chi connectivity index (χ3n) is 2.70. The summed E-state index contributed by atoms with van der Waals surface area (Å²) in [6.07, 6.45) is 3.18. The molecule has 3 rings (SSSR count). The monoisotopic (exact) mass is 274 g/mol. The normalized spacial score (nSPS) is 10.8. The first-order chi connectivity index (χ1) is 9.31. The number of ether oxygens (including phenoxy) is 1. The van der Waals surface area contributed by atoms with Crippen LogP contribution in [-0.2, 0) is 0 Å². The van der Waals surface area contributed by atoms with Crippen LogP contribution in [0.2, 0.25) is 5.15 Å². The van der Waals surface area contributed by atoms with Gasteiger partial charge in [0.2, 0.25) is 0 Å². The van der Waals surface area contributed by atoms with Gasteiger partial charge >= 0.3 is 0 Å². The van der Waals surface area contributed by atoms with Gasteiger partial charge in [-0.15, -0.1) is 10.2 Å². The maximum atomic E-state index is 6.16. The summed E-state index contributed by atoms with van der Waals surface area (Å²) in [5, 5.41) is 8.71. The molecule has 2 heterocycles. The first-order valence-electron chi connectivity index (χ1n) is 5.88. The molecule has 0 N–H and O–H groups in total. The summed E-state index contributed by atoms with van der Waals surface area (Å²) < 4.78 is 7.35. The molecule has 0 radical (unpaired) electrons. The van der Waals surface area contributed by atoms with Crippen molar-refractivity contribution in [3.63, 3.8) is 0 Å². The summed E-state index contributed by atoms with van der Waals surface area (Å²) in [5.74, 6) is 1.40. The van der Waals surface area contributed by atoms with Crippen LogP contribution in [0.1, 0.15) is 6.92 Å². The molecule has 2 aromatic heterocycles. The van der Waals surface area contributed by atoms with E-state index in [2.05, 4.69) is 15.2 Å². The minimum Gasteiger partial charge on any atom is -0.493 e. The van der Waals surface area contributed by atoms with Crippen molar-refractivity contribution < 1.29 is 4.74 Å². The van der Waals surface area contributed by atoms with Crippen molar-refractivity contribution in [2.75, 3.05) is 6.61 Å². The van der Waals surface area contributed by atoms with Crippen molar-refractivity contribution in [3.05, 3.63) is 41.8 Å². The van der Waals surface area contributed by atoms with E-state index < -0.39 is 0 Å². The Bertz CT molecular complexity index is 725. The van der Waals surface area contributed by atoms with Gasteiger partial charge in [0.15, 0.2) is 11.5 Å². The van der Waals surface area contributed by atoms with Crippen molar-refractivity contribution >= 4 is 17.2 Å². The number of benzene rings is 1. The van der Waals surface area contributed by atoms with Crippen LogP contribution < -0.4 is 4.74 Å². The lowest BCUT2D eigenvalue weighted by Gasteiger charge is -2.08. The Hall–Kier alpha value is -2.14. The Balaban J connectivity index is 2.25. The van der Waals surface area contributed by atoms with Crippen LogP contribution in [0.5, 0.6) is 5.75 Å². The highest BCUT2D eigenvalue weighted by molar-refractivity contribution is 6.29. The first-order valence-corrected chi connectivity index (χ1v) is 6.26. The minimum absolute atomic E-state index is 0.462. The third kappa shape index (κ3) is 2.02. The molecule has 0 atom stereocenters. The molecule has 0 aliphatic heterocycles. The molecule has 0 spiro atoms. The number of fused-ring (bicyclic) bond motifs is 1. The van der Waals surface area contributed by atoms with Crippen molar-refractivity contribution in [2.45, 2.75) is 6.92 Å². The summed E-state index contributed by atoms with van der Waals surface area (Å²) in [6.45, 7) is 2.53. The SMILES string of the molecule is CCOc1ccccc1-c1nnc2cncc(Cl)n12. The summed E-state index contributed by atoms with van der Waals surface area (Å²) in [6, 6.07) is 7.67. The summed E-state index contributed by atoms with van der Waals surface area (Å²) in [7, 11) is 0. The smallest absolute Gasteiger partial charge is 0.180 e. The molecule has 0 amide bonds. The van der Waals surface area contributed by atoms with Crippen LogP contribution >= 0.6 is 11.6 Å². The Kier molecular flexibility index (Phi) is 3.05. The number of para-hydroxylation sites is 1. The van der Waals surface area contributed by atoms with Crippen LogP contribution in [-0.4, -0.2) is 26.2 Å². The third-order valence-corrected chi connectivity index (χ3v) is 2.97. The maximum Gasteiger partial charge on any atom is 0.180 e. The van der Waals surface area contributed by atoms with Gasteiger partial charge in [0.25, 0.3) is 0 Å². The molecule has 5 nitrogen and oxygen atoms in total. The second-order valence-electron chi connectivity index (χ2n) is 3.88. The quantitative estimate of drug-likeness (QED) is 0.737. The van der Waals surface area contributed by atoms with Crippen LogP contribution in [0.4, 0.5) is 0 Å². The van der Waals surface area contributed by atoms with E-state index in [0.717, 1.165) is 11.3 Å². The fraction of sp³-hybridized carbons (Fsp3) is 0.154. The number of hydrogen-bond donors (Lipinski definition) is 0. The molecule has 19 heavy (non-hydrogen) atoms. The van der Waals surface area contributed by atoms with E-state index in [4.69, 9.17) is 16.3 Å². The zero-order valence-electron chi connectivity index (χ0n) is 10.2. The van der Waals surface area contributed by atoms with Crippen molar-refractivity contribution in [1.29, 1.82) is 0 Å². The molecule has 0 bridgehead atoms. The van der Waals surface area contributed by atoms with Crippen molar-refractivity contribution in [2.24, 2.45) is 0 Å². The Morgan fingerprint density at radius 2 is 2.05 bits per heavy atom. The summed E-state index contributed by atoms with van der Waals surface area (Å²) >= 11 is 6.16. The number of rotatable bonds is 3. The van der Waals surface area contributed by atoms with E-state index in [1.807, 2.05) is 31.2 Å². The summed E-state index contributed by atoms with van der Waals surface area (Å²) in [5.41, 5.74) is 1.46. The van der Waals surface area contributed by atoms with Crippen molar-refractivity contribution in [3.8, 4) is 17.1 Å². The lowest BCUT2D eigenvalue weighted by molar-refractivity contribution is 0.341. The van der Waals surface area contributed by atoms with Crippen LogP contribution in [0.3, 0.4) is 0 Å². The first kappa shape index (κ1) is 11.9. The number of hydrogen-bond acceptors (Lipinski definition) is 4. The van der Waals surface area contributed by atoms with Crippen LogP contribution in [0.25, 0.3) is 17.0 Å². The predicted octanol–water partition coefficient (Wildman–Crippen LogP) is 2.84. The molecule has 1 aromatic carbocycles. The number of aromatic nitrogens is 4. The average molecular weight is 275 g/mol. The predicted molar refractivity (Wildman–Crippen MR) is 72.4 cm³/mol. The van der Waals surface area contributed by atoms with Gasteiger partial charge in [-0.2, -0.15) is 0 Å². The highest BCUT2D eigenvalue weighted by Gasteiger charge is 2.14. The highest BCUT2D eigenvalue weighted by Crippen LogP contribution is 2.29. The standard InChI is InChI=1S/C13H11ClN4O/c1-2-19-10-6-4-3-5-9(10)13-17-16-12-8-15-7-11(14)18(12)13/h3-8H,2H2,1H3. The zero-order valence-corrected chi connectivity index (χ0v) is 11.0. The zero-order chi connectivity index (χ0) is 13.2. The van der Waals surface area contributed by atoms with Crippen molar-refractivity contribution in [1.82, 2.24) is 19.6 Å². The molecule has 96 valence electrons. The molecule has 0 fully saturated rings. The fourth-order valence-corrected chi connectivity index (χ4v) is 2.14. The number of nitrogens with zero attached hydrogens (tertiary/aromatic N) is 4. The van der Waals surface area contributed by atoms with Gasteiger partial charge in [-0.05, 0) is 19.1 Å². The Morgan fingerprint density at radius 1 is 1.21 bits per heavy atom. The van der Waals surface area contributed by atoms with Gasteiger partial charge in [0.1, 0.15) is 10.9 Å². The van der Waals surface area contributed by atoms with E-state index in [1.165, 1.54) is 0 Å². The van der Waals surface area contributed by atoms with E-state index in [1.54, 1.807) is 16.8 Å². The van der Waals surface area contributed by atoms with Gasteiger partial charge < -0.3 is 4.74 Å². The number of halogens is 1. The van der Waals surface area contributed by atoms with E-state index in [0.29, 0.717) is 23.2 Å². The topological polar surface area (TPSA) is 52.3 Å². The van der Waals surface area contributed by atoms with Gasteiger partial charge in [-0.25, -0.2) is 0 Å². The van der Waals surface area contributed by atoms with E-state index in [-0.39, 0.29) is 0 Å². The maximum absolute atomic E-state index is 6.16. The minimum atomic E-state index is 0.462. The molecule has 0 unspecified atom stereocenters. The summed E-state index contributed by atoms with van der Waals surface area (Å²) in [4.78, 5) is 3.99. The molecular formula is C13H11ClN4O. The van der Waals surface area contributed by atoms with Crippen LogP contribution in [0, 0.1) is 0 Å². The van der Waals surface area contributed by atoms with Gasteiger partial charge in [-0.3, -0.25) is 9.38 Å². The molecule has 6 heteroatoms. The molecule has 0 aliphatic carbocycles. The van der Waals surface area contributed by atoms with Gasteiger partial charge in [-0.1, -0.05) is 23.7 Å². The molecular weight excluding hydrogens is 264 g/mol. The second kappa shape index (κ2) is 4.85. The Labute approximate surface area is 114 Å². The molecule has 0 aliphatic rings. The highest BCUT2D eigenvalue weighted by atomic mass is 35.5. The lowest BCUT2D eigenvalue weighted by Crippen LogP contribution is -1.97. The van der Waals surface area contributed by atoms with Crippen LogP contribution in [0.15, 0.2) is 36.7 Å². The average Bonchev–Trinajstić information content (AvgIpc) is 2.85. The van der Waals surface area contributed by atoms with Gasteiger partial charge in [0.05, 0.1) is 24.6 Å². The van der Waals surface area contributed by atoms with E-state index >= 15 is 0 Å². The molecule has 0 saturated heterocycles. The largest absolute Gasteiger partial charge is 0.493 e. The second-order valence-corrected chi connectivity index (χ2v) is 4.26. The lowest BCUT2D eigenvalue weighted by atomic mass is 10.2. The fourth-order valence-electron chi connectivity index (χ4n) is 1.92. The van der Waals surface area contributed by atoms with E-state index in [9.17, 15) is 0 Å². The Morgan fingerprint density at radius 3 is 2.89 bits per heavy atom. The molecule has 0 saturated carbocycles. The molecule has 3 aromatic rings.